The molecule has 1 aliphatic rings. The number of carbonyl (C=O) groups excluding carboxylic acids is 1. The molecular formula is C19H20FN3O. The molecule has 1 amide bonds. The van der Waals surface area contributed by atoms with Gasteiger partial charge in [0.2, 0.25) is 5.91 Å². The van der Waals surface area contributed by atoms with Crippen LogP contribution in [-0.2, 0) is 4.79 Å². The summed E-state index contributed by atoms with van der Waals surface area (Å²) in [5.41, 5.74) is 8.28. The molecule has 1 heterocycles. The molecule has 24 heavy (non-hydrogen) atoms. The maximum absolute atomic E-state index is 13.0. The third kappa shape index (κ3) is 3.93. The summed E-state index contributed by atoms with van der Waals surface area (Å²) in [6.07, 6.45) is 3.40. The van der Waals surface area contributed by atoms with E-state index in [1.165, 1.54) is 12.1 Å². The van der Waals surface area contributed by atoms with Crippen molar-refractivity contribution in [2.75, 3.05) is 36.8 Å². The highest BCUT2D eigenvalue weighted by Gasteiger charge is 2.19. The van der Waals surface area contributed by atoms with Gasteiger partial charge in [0.25, 0.3) is 0 Å². The van der Waals surface area contributed by atoms with E-state index in [0.29, 0.717) is 18.8 Å². The molecule has 124 valence electrons. The number of halogens is 1. The van der Waals surface area contributed by atoms with E-state index in [9.17, 15) is 9.18 Å². The van der Waals surface area contributed by atoms with Gasteiger partial charge in [0.15, 0.2) is 0 Å². The van der Waals surface area contributed by atoms with Crippen LogP contribution in [0.1, 0.15) is 5.56 Å². The van der Waals surface area contributed by atoms with Crippen LogP contribution < -0.4 is 10.6 Å². The van der Waals surface area contributed by atoms with Crippen LogP contribution in [0.25, 0.3) is 6.08 Å². The molecule has 3 rings (SSSR count). The standard InChI is InChI=1S/C19H20FN3O/c20-16-4-8-18(9-5-16)22-11-13-23(14-12-22)19(24)10-3-15-1-6-17(21)7-2-15/h1-10H,11-14,21H2/b10-3+. The van der Waals surface area contributed by atoms with E-state index in [1.807, 2.05) is 29.2 Å². The van der Waals surface area contributed by atoms with Crippen molar-refractivity contribution in [2.24, 2.45) is 0 Å². The van der Waals surface area contributed by atoms with Crippen LogP contribution in [0, 0.1) is 5.82 Å². The molecule has 2 N–H and O–H groups in total. The first-order valence-electron chi connectivity index (χ1n) is 7.95. The van der Waals surface area contributed by atoms with E-state index >= 15 is 0 Å². The van der Waals surface area contributed by atoms with E-state index in [1.54, 1.807) is 24.3 Å². The number of benzene rings is 2. The molecule has 1 fully saturated rings. The third-order valence-corrected chi connectivity index (χ3v) is 4.14. The van der Waals surface area contributed by atoms with Crippen molar-refractivity contribution in [1.29, 1.82) is 0 Å². The lowest BCUT2D eigenvalue weighted by Gasteiger charge is -2.35. The summed E-state index contributed by atoms with van der Waals surface area (Å²) in [4.78, 5) is 16.3. The Labute approximate surface area is 141 Å². The predicted molar refractivity (Wildman–Crippen MR) is 95.1 cm³/mol. The minimum absolute atomic E-state index is 0.00517. The average Bonchev–Trinajstić information content (AvgIpc) is 2.62. The van der Waals surface area contributed by atoms with Gasteiger partial charge in [-0.1, -0.05) is 12.1 Å². The first kappa shape index (κ1) is 16.1. The molecule has 0 radical (unpaired) electrons. The van der Waals surface area contributed by atoms with Crippen LogP contribution in [0.3, 0.4) is 0 Å². The second-order valence-corrected chi connectivity index (χ2v) is 5.79. The molecule has 1 saturated heterocycles. The Morgan fingerprint density at radius 3 is 2.21 bits per heavy atom. The van der Waals surface area contributed by atoms with Gasteiger partial charge in [0.1, 0.15) is 5.82 Å². The fraction of sp³-hybridized carbons (Fsp3) is 0.211. The van der Waals surface area contributed by atoms with Gasteiger partial charge in [0.05, 0.1) is 0 Å². The molecule has 2 aromatic carbocycles. The number of nitrogens with two attached hydrogens (primary N) is 1. The summed E-state index contributed by atoms with van der Waals surface area (Å²) in [7, 11) is 0. The Morgan fingerprint density at radius 2 is 1.58 bits per heavy atom. The number of piperazine rings is 1. The number of anilines is 2. The van der Waals surface area contributed by atoms with Crippen molar-refractivity contribution < 1.29 is 9.18 Å². The van der Waals surface area contributed by atoms with Crippen LogP contribution in [-0.4, -0.2) is 37.0 Å². The van der Waals surface area contributed by atoms with Gasteiger partial charge in [-0.3, -0.25) is 4.79 Å². The number of hydrogen-bond donors (Lipinski definition) is 1. The molecule has 2 aromatic rings. The highest BCUT2D eigenvalue weighted by Crippen LogP contribution is 2.17. The Hall–Kier alpha value is -2.82. The number of rotatable bonds is 3. The smallest absolute Gasteiger partial charge is 0.246 e. The molecule has 5 heteroatoms. The third-order valence-electron chi connectivity index (χ3n) is 4.14. The topological polar surface area (TPSA) is 49.6 Å². The second-order valence-electron chi connectivity index (χ2n) is 5.79. The van der Waals surface area contributed by atoms with Gasteiger partial charge in [-0.05, 0) is 48.0 Å². The van der Waals surface area contributed by atoms with Crippen molar-refractivity contribution >= 4 is 23.4 Å². The molecule has 4 nitrogen and oxygen atoms in total. The maximum Gasteiger partial charge on any atom is 0.246 e. The first-order valence-corrected chi connectivity index (χ1v) is 7.95. The molecule has 0 saturated carbocycles. The van der Waals surface area contributed by atoms with Gasteiger partial charge in [0, 0.05) is 43.6 Å². The second kappa shape index (κ2) is 7.17. The van der Waals surface area contributed by atoms with Crippen LogP contribution >= 0.6 is 0 Å². The fourth-order valence-electron chi connectivity index (χ4n) is 2.72. The van der Waals surface area contributed by atoms with E-state index < -0.39 is 0 Å². The Balaban J connectivity index is 1.55. The van der Waals surface area contributed by atoms with E-state index in [0.717, 1.165) is 24.3 Å². The monoisotopic (exact) mass is 325 g/mol. The van der Waals surface area contributed by atoms with Crippen molar-refractivity contribution in [3.05, 3.63) is 66.0 Å². The largest absolute Gasteiger partial charge is 0.399 e. The molecular weight excluding hydrogens is 305 g/mol. The summed E-state index contributed by atoms with van der Waals surface area (Å²) in [6, 6.07) is 13.8. The Morgan fingerprint density at radius 1 is 0.958 bits per heavy atom. The lowest BCUT2D eigenvalue weighted by Crippen LogP contribution is -2.48. The molecule has 0 unspecified atom stereocenters. The predicted octanol–water partition coefficient (Wildman–Crippen LogP) is 2.77. The Bertz CT molecular complexity index is 717. The summed E-state index contributed by atoms with van der Waals surface area (Å²) in [6.45, 7) is 2.80. The average molecular weight is 325 g/mol. The minimum atomic E-state index is -0.236. The zero-order valence-electron chi connectivity index (χ0n) is 13.4. The molecule has 0 atom stereocenters. The number of nitrogen functional groups attached to an aromatic ring is 1. The number of nitrogens with zero attached hydrogens (tertiary/aromatic N) is 2. The van der Waals surface area contributed by atoms with Gasteiger partial charge < -0.3 is 15.5 Å². The zero-order chi connectivity index (χ0) is 16.9. The SMILES string of the molecule is Nc1ccc(/C=C/C(=O)N2CCN(c3ccc(F)cc3)CC2)cc1. The van der Waals surface area contributed by atoms with Crippen molar-refractivity contribution in [1.82, 2.24) is 4.90 Å². The quantitative estimate of drug-likeness (QED) is 0.697. The van der Waals surface area contributed by atoms with E-state index in [2.05, 4.69) is 4.90 Å². The normalized spacial score (nSPS) is 15.0. The van der Waals surface area contributed by atoms with Crippen LogP contribution in [0.2, 0.25) is 0 Å². The van der Waals surface area contributed by atoms with Gasteiger partial charge >= 0.3 is 0 Å². The van der Waals surface area contributed by atoms with E-state index in [-0.39, 0.29) is 11.7 Å². The van der Waals surface area contributed by atoms with Gasteiger partial charge in [-0.2, -0.15) is 0 Å². The number of carbonyl (C=O) groups is 1. The summed E-state index contributed by atoms with van der Waals surface area (Å²) in [5, 5.41) is 0. The lowest BCUT2D eigenvalue weighted by atomic mass is 10.2. The van der Waals surface area contributed by atoms with E-state index in [4.69, 9.17) is 5.73 Å². The molecule has 0 aliphatic carbocycles. The molecule has 0 aromatic heterocycles. The first-order chi connectivity index (χ1) is 11.6. The van der Waals surface area contributed by atoms with Gasteiger partial charge in [-0.15, -0.1) is 0 Å². The fourth-order valence-corrected chi connectivity index (χ4v) is 2.72. The van der Waals surface area contributed by atoms with Crippen LogP contribution in [0.5, 0.6) is 0 Å². The van der Waals surface area contributed by atoms with Crippen LogP contribution in [0.15, 0.2) is 54.6 Å². The summed E-state index contributed by atoms with van der Waals surface area (Å²) in [5.74, 6) is -0.231. The molecule has 1 aliphatic heterocycles. The molecule has 0 spiro atoms. The van der Waals surface area contributed by atoms with Crippen molar-refractivity contribution in [3.8, 4) is 0 Å². The number of amides is 1. The zero-order valence-corrected chi connectivity index (χ0v) is 13.4. The Kier molecular flexibility index (Phi) is 4.79. The van der Waals surface area contributed by atoms with Crippen molar-refractivity contribution in [2.45, 2.75) is 0 Å². The highest BCUT2D eigenvalue weighted by molar-refractivity contribution is 5.92. The van der Waals surface area contributed by atoms with Gasteiger partial charge in [-0.25, -0.2) is 4.39 Å². The minimum Gasteiger partial charge on any atom is -0.399 e. The summed E-state index contributed by atoms with van der Waals surface area (Å²) < 4.78 is 13.0. The highest BCUT2D eigenvalue weighted by atomic mass is 19.1. The molecule has 0 bridgehead atoms. The van der Waals surface area contributed by atoms with Crippen LogP contribution in [0.4, 0.5) is 15.8 Å². The van der Waals surface area contributed by atoms with Crippen molar-refractivity contribution in [3.63, 3.8) is 0 Å². The summed E-state index contributed by atoms with van der Waals surface area (Å²) >= 11 is 0. The number of hydrogen-bond acceptors (Lipinski definition) is 3. The maximum atomic E-state index is 13.0. The lowest BCUT2D eigenvalue weighted by molar-refractivity contribution is -0.126.